The first-order valence-electron chi connectivity index (χ1n) is 9.26. The maximum absolute atomic E-state index is 13.0. The van der Waals surface area contributed by atoms with Gasteiger partial charge < -0.3 is 4.42 Å². The van der Waals surface area contributed by atoms with Crippen LogP contribution in [0.25, 0.3) is 22.1 Å². The lowest BCUT2D eigenvalue weighted by molar-refractivity contribution is 0.466. The second kappa shape index (κ2) is 6.90. The molecule has 0 aliphatic carbocycles. The third kappa shape index (κ3) is 3.28. The zero-order chi connectivity index (χ0) is 20.1. The third-order valence-electron chi connectivity index (χ3n) is 4.97. The van der Waals surface area contributed by atoms with Crippen molar-refractivity contribution in [2.24, 2.45) is 0 Å². The Kier molecular flexibility index (Phi) is 4.33. The second-order valence-electron chi connectivity index (χ2n) is 7.14. The minimum Gasteiger partial charge on any atom is -0.450 e. The monoisotopic (exact) mass is 418 g/mol. The van der Waals surface area contributed by atoms with E-state index in [1.54, 1.807) is 22.2 Å². The predicted octanol–water partition coefficient (Wildman–Crippen LogP) is 5.13. The van der Waals surface area contributed by atoms with Crippen molar-refractivity contribution in [3.63, 3.8) is 0 Å². The van der Waals surface area contributed by atoms with Gasteiger partial charge in [-0.2, -0.15) is 0 Å². The van der Waals surface area contributed by atoms with Crippen LogP contribution in [0.2, 0.25) is 0 Å². The Morgan fingerprint density at radius 1 is 1.03 bits per heavy atom. The molecule has 3 heterocycles. The largest absolute Gasteiger partial charge is 0.450 e. The average molecular weight is 419 g/mol. The molecule has 0 bridgehead atoms. The maximum atomic E-state index is 13.0. The molecule has 0 saturated heterocycles. The lowest BCUT2D eigenvalue weighted by atomic mass is 10.1. The van der Waals surface area contributed by atoms with Crippen LogP contribution in [0.3, 0.4) is 0 Å². The van der Waals surface area contributed by atoms with Crippen molar-refractivity contribution in [2.45, 2.75) is 30.8 Å². The van der Waals surface area contributed by atoms with Gasteiger partial charge >= 0.3 is 0 Å². The van der Waals surface area contributed by atoms with Crippen LogP contribution in [0.4, 0.5) is 0 Å². The Morgan fingerprint density at radius 3 is 2.59 bits per heavy atom. The van der Waals surface area contributed by atoms with Crippen LogP contribution in [0.5, 0.6) is 0 Å². The highest BCUT2D eigenvalue weighted by Crippen LogP contribution is 2.29. The highest BCUT2D eigenvalue weighted by molar-refractivity contribution is 7.99. The topological polar surface area (TPSA) is 47.5 Å². The number of hydrogen-bond donors (Lipinski definition) is 0. The van der Waals surface area contributed by atoms with Gasteiger partial charge in [0.2, 0.25) is 0 Å². The molecule has 0 aliphatic rings. The fourth-order valence-electron chi connectivity index (χ4n) is 3.24. The van der Waals surface area contributed by atoms with Gasteiger partial charge in [-0.3, -0.25) is 4.79 Å². The molecule has 4 nitrogen and oxygen atoms in total. The molecule has 0 saturated carbocycles. The van der Waals surface area contributed by atoms with Gasteiger partial charge in [-0.15, -0.1) is 0 Å². The van der Waals surface area contributed by atoms with E-state index in [-0.39, 0.29) is 5.56 Å². The van der Waals surface area contributed by atoms with Gasteiger partial charge in [0.15, 0.2) is 10.1 Å². The number of benzene rings is 2. The van der Waals surface area contributed by atoms with E-state index in [1.165, 1.54) is 22.5 Å². The van der Waals surface area contributed by atoms with Gasteiger partial charge in [0.1, 0.15) is 10.3 Å². The summed E-state index contributed by atoms with van der Waals surface area (Å²) in [7, 11) is 0. The summed E-state index contributed by atoms with van der Waals surface area (Å²) >= 11 is 2.95. The molecule has 0 spiro atoms. The van der Waals surface area contributed by atoms with E-state index >= 15 is 0 Å². The van der Waals surface area contributed by atoms with Crippen molar-refractivity contribution >= 4 is 45.2 Å². The first-order valence-corrected chi connectivity index (χ1v) is 10.9. The summed E-state index contributed by atoms with van der Waals surface area (Å²) < 4.78 is 8.23. The number of rotatable bonds is 3. The van der Waals surface area contributed by atoms with Crippen LogP contribution in [0, 0.1) is 20.8 Å². The molecule has 3 aromatic heterocycles. The zero-order valence-corrected chi connectivity index (χ0v) is 17.9. The van der Waals surface area contributed by atoms with Gasteiger partial charge in [-0.1, -0.05) is 40.8 Å². The number of nitrogens with zero attached hydrogens (tertiary/aromatic N) is 2. The molecule has 0 amide bonds. The Morgan fingerprint density at radius 2 is 1.79 bits per heavy atom. The summed E-state index contributed by atoms with van der Waals surface area (Å²) in [5.74, 6) is 0.664. The standard InChI is InChI=1S/C23H18N2O2S2/c1-13-4-7-17(8-5-13)28-21-9-6-16(27-21)12-20-22(26)25-19-11-15(3)14(2)10-18(19)24-23(25)29-20/h4-12H,1-3H3/b20-12-. The normalized spacial score (nSPS) is 12.4. The van der Waals surface area contributed by atoms with E-state index < -0.39 is 0 Å². The number of fused-ring (bicyclic) bond motifs is 3. The van der Waals surface area contributed by atoms with Gasteiger partial charge in [0.25, 0.3) is 5.56 Å². The highest BCUT2D eigenvalue weighted by atomic mass is 32.2. The number of imidazole rings is 1. The van der Waals surface area contributed by atoms with E-state index in [0.29, 0.717) is 15.3 Å². The SMILES string of the molecule is Cc1ccc(Sc2ccc(/C=c3\sc4nc5cc(C)c(C)cc5n4c3=O)o2)cc1. The molecular weight excluding hydrogens is 400 g/mol. The Balaban J connectivity index is 1.53. The molecule has 6 heteroatoms. The lowest BCUT2D eigenvalue weighted by Crippen LogP contribution is -2.22. The maximum Gasteiger partial charge on any atom is 0.275 e. The molecule has 0 unspecified atom stereocenters. The first kappa shape index (κ1) is 18.2. The summed E-state index contributed by atoms with van der Waals surface area (Å²) in [4.78, 5) is 19.5. The number of aromatic nitrogens is 2. The lowest BCUT2D eigenvalue weighted by Gasteiger charge is -1.98. The fourth-order valence-corrected chi connectivity index (χ4v) is 4.98. The minimum atomic E-state index is -0.0557. The van der Waals surface area contributed by atoms with Crippen molar-refractivity contribution < 1.29 is 4.42 Å². The Hall–Kier alpha value is -2.83. The van der Waals surface area contributed by atoms with Gasteiger partial charge in [-0.05, 0) is 68.3 Å². The molecule has 5 aromatic rings. The number of hydrogen-bond acceptors (Lipinski definition) is 5. The van der Waals surface area contributed by atoms with Crippen LogP contribution >= 0.6 is 23.1 Å². The highest BCUT2D eigenvalue weighted by Gasteiger charge is 2.13. The van der Waals surface area contributed by atoms with Crippen molar-refractivity contribution in [1.82, 2.24) is 9.38 Å². The summed E-state index contributed by atoms with van der Waals surface area (Å²) in [6.45, 7) is 6.18. The van der Waals surface area contributed by atoms with Gasteiger partial charge in [-0.25, -0.2) is 9.38 Å². The van der Waals surface area contributed by atoms with Crippen LogP contribution in [-0.2, 0) is 0 Å². The molecule has 29 heavy (non-hydrogen) atoms. The van der Waals surface area contributed by atoms with Crippen LogP contribution < -0.4 is 10.1 Å². The fraction of sp³-hybridized carbons (Fsp3) is 0.130. The second-order valence-corrected chi connectivity index (χ2v) is 9.23. The summed E-state index contributed by atoms with van der Waals surface area (Å²) in [6, 6.07) is 16.2. The average Bonchev–Trinajstić information content (AvgIpc) is 3.35. The summed E-state index contributed by atoms with van der Waals surface area (Å²) in [6.07, 6.45) is 1.80. The summed E-state index contributed by atoms with van der Waals surface area (Å²) in [5, 5.41) is 0.797. The third-order valence-corrected chi connectivity index (χ3v) is 6.87. The number of furan rings is 1. The molecular formula is C23H18N2O2S2. The van der Waals surface area contributed by atoms with Gasteiger partial charge in [0.05, 0.1) is 11.0 Å². The number of aryl methyl sites for hydroxylation is 3. The minimum absolute atomic E-state index is 0.0557. The van der Waals surface area contributed by atoms with Crippen molar-refractivity contribution in [1.29, 1.82) is 0 Å². The van der Waals surface area contributed by atoms with Crippen molar-refractivity contribution in [2.75, 3.05) is 0 Å². The first-order chi connectivity index (χ1) is 14.0. The van der Waals surface area contributed by atoms with E-state index in [0.717, 1.165) is 26.6 Å². The quantitative estimate of drug-likeness (QED) is 0.408. The van der Waals surface area contributed by atoms with Crippen LogP contribution in [0.1, 0.15) is 22.5 Å². The van der Waals surface area contributed by atoms with E-state index in [1.807, 2.05) is 31.2 Å². The van der Waals surface area contributed by atoms with E-state index in [9.17, 15) is 4.79 Å². The molecule has 5 rings (SSSR count). The van der Waals surface area contributed by atoms with E-state index in [4.69, 9.17) is 4.42 Å². The van der Waals surface area contributed by atoms with Crippen LogP contribution in [0.15, 0.2) is 67.7 Å². The van der Waals surface area contributed by atoms with Crippen LogP contribution in [-0.4, -0.2) is 9.38 Å². The molecule has 0 aliphatic heterocycles. The molecule has 0 radical (unpaired) electrons. The number of thiazole rings is 1. The molecule has 0 N–H and O–H groups in total. The molecule has 0 atom stereocenters. The molecule has 2 aromatic carbocycles. The van der Waals surface area contributed by atoms with Gasteiger partial charge in [0, 0.05) is 11.0 Å². The van der Waals surface area contributed by atoms with Crippen molar-refractivity contribution in [3.05, 3.63) is 85.9 Å². The zero-order valence-electron chi connectivity index (χ0n) is 16.2. The van der Waals surface area contributed by atoms with Crippen molar-refractivity contribution in [3.8, 4) is 0 Å². The Bertz CT molecular complexity index is 1470. The predicted molar refractivity (Wildman–Crippen MR) is 119 cm³/mol. The Labute approximate surface area is 175 Å². The smallest absolute Gasteiger partial charge is 0.275 e. The molecule has 144 valence electrons. The summed E-state index contributed by atoms with van der Waals surface area (Å²) in [5.41, 5.74) is 5.22. The van der Waals surface area contributed by atoms with E-state index in [2.05, 4.69) is 43.1 Å². The molecule has 0 fully saturated rings.